The van der Waals surface area contributed by atoms with Gasteiger partial charge in [-0.1, -0.05) is 31.2 Å². The second kappa shape index (κ2) is 6.69. The first-order valence-electron chi connectivity index (χ1n) is 6.80. The standard InChI is InChI=1S/C15H19N3O2S/c1-2-12-5-7-13(8-6-12)9-11-18-15-14(21(16,19)20)4-3-10-17-15/h3-8,10H,2,9,11H2,1H3,(H,17,18)(H2,16,19,20). The van der Waals surface area contributed by atoms with Crippen molar-refractivity contribution < 1.29 is 8.42 Å². The van der Waals surface area contributed by atoms with E-state index in [4.69, 9.17) is 5.14 Å². The number of hydrogen-bond acceptors (Lipinski definition) is 4. The number of nitrogens with zero attached hydrogens (tertiary/aromatic N) is 1. The molecule has 5 nitrogen and oxygen atoms in total. The second-order valence-corrected chi connectivity index (χ2v) is 6.27. The van der Waals surface area contributed by atoms with Gasteiger partial charge in [-0.2, -0.15) is 0 Å². The van der Waals surface area contributed by atoms with Crippen molar-refractivity contribution in [2.75, 3.05) is 11.9 Å². The number of aryl methyl sites for hydroxylation is 1. The van der Waals surface area contributed by atoms with Crippen LogP contribution in [0.2, 0.25) is 0 Å². The predicted octanol–water partition coefficient (Wildman–Crippen LogP) is 1.95. The SMILES string of the molecule is CCc1ccc(CCNc2ncccc2S(N)(=O)=O)cc1. The Labute approximate surface area is 125 Å². The molecule has 0 fully saturated rings. The highest BCUT2D eigenvalue weighted by molar-refractivity contribution is 7.89. The highest BCUT2D eigenvalue weighted by Gasteiger charge is 2.13. The number of benzene rings is 1. The van der Waals surface area contributed by atoms with Crippen LogP contribution in [0.4, 0.5) is 5.82 Å². The molecule has 6 heteroatoms. The van der Waals surface area contributed by atoms with Crippen LogP contribution in [-0.2, 0) is 22.9 Å². The zero-order valence-corrected chi connectivity index (χ0v) is 12.7. The van der Waals surface area contributed by atoms with Gasteiger partial charge in [0.15, 0.2) is 0 Å². The summed E-state index contributed by atoms with van der Waals surface area (Å²) in [5, 5.41) is 8.19. The molecule has 0 unspecified atom stereocenters. The normalized spacial score (nSPS) is 11.3. The number of primary sulfonamides is 1. The summed E-state index contributed by atoms with van der Waals surface area (Å²) in [7, 11) is -3.76. The van der Waals surface area contributed by atoms with Gasteiger partial charge < -0.3 is 5.32 Å². The quantitative estimate of drug-likeness (QED) is 0.854. The minimum atomic E-state index is -3.76. The molecule has 0 amide bonds. The largest absolute Gasteiger partial charge is 0.369 e. The van der Waals surface area contributed by atoms with Crippen molar-refractivity contribution in [2.24, 2.45) is 5.14 Å². The lowest BCUT2D eigenvalue weighted by molar-refractivity contribution is 0.597. The summed E-state index contributed by atoms with van der Waals surface area (Å²) in [6.07, 6.45) is 3.34. The number of nitrogens with two attached hydrogens (primary N) is 1. The summed E-state index contributed by atoms with van der Waals surface area (Å²) in [6, 6.07) is 11.4. The molecule has 0 radical (unpaired) electrons. The molecule has 2 rings (SSSR count). The molecular weight excluding hydrogens is 286 g/mol. The van der Waals surface area contributed by atoms with E-state index in [-0.39, 0.29) is 4.90 Å². The topological polar surface area (TPSA) is 85.1 Å². The van der Waals surface area contributed by atoms with E-state index >= 15 is 0 Å². The molecule has 0 aliphatic rings. The molecule has 0 aliphatic carbocycles. The van der Waals surface area contributed by atoms with Crippen molar-refractivity contribution in [1.82, 2.24) is 4.98 Å². The van der Waals surface area contributed by atoms with Gasteiger partial charge in [-0.15, -0.1) is 0 Å². The van der Waals surface area contributed by atoms with Crippen molar-refractivity contribution in [1.29, 1.82) is 0 Å². The number of anilines is 1. The zero-order chi connectivity index (χ0) is 15.3. The fourth-order valence-electron chi connectivity index (χ4n) is 2.02. The van der Waals surface area contributed by atoms with Crippen LogP contribution in [-0.4, -0.2) is 19.9 Å². The number of aromatic nitrogens is 1. The van der Waals surface area contributed by atoms with Gasteiger partial charge in [-0.3, -0.25) is 0 Å². The van der Waals surface area contributed by atoms with Crippen LogP contribution in [0.3, 0.4) is 0 Å². The fourth-order valence-corrected chi connectivity index (χ4v) is 2.68. The van der Waals surface area contributed by atoms with E-state index in [2.05, 4.69) is 41.5 Å². The lowest BCUT2D eigenvalue weighted by Crippen LogP contribution is -2.16. The Bertz CT molecular complexity index is 697. The maximum absolute atomic E-state index is 11.5. The van der Waals surface area contributed by atoms with Crippen LogP contribution in [0.1, 0.15) is 18.1 Å². The van der Waals surface area contributed by atoms with Crippen molar-refractivity contribution in [3.63, 3.8) is 0 Å². The van der Waals surface area contributed by atoms with Crippen LogP contribution >= 0.6 is 0 Å². The van der Waals surface area contributed by atoms with E-state index in [0.29, 0.717) is 12.4 Å². The lowest BCUT2D eigenvalue weighted by atomic mass is 10.1. The van der Waals surface area contributed by atoms with E-state index in [9.17, 15) is 8.42 Å². The first-order chi connectivity index (χ1) is 10.0. The highest BCUT2D eigenvalue weighted by Crippen LogP contribution is 2.16. The molecule has 0 spiro atoms. The summed E-state index contributed by atoms with van der Waals surface area (Å²) in [5.41, 5.74) is 2.49. The smallest absolute Gasteiger partial charge is 0.241 e. The molecular formula is C15H19N3O2S. The average Bonchev–Trinajstić information content (AvgIpc) is 2.47. The van der Waals surface area contributed by atoms with Crippen molar-refractivity contribution in [2.45, 2.75) is 24.7 Å². The van der Waals surface area contributed by atoms with Crippen LogP contribution < -0.4 is 10.5 Å². The number of pyridine rings is 1. The molecule has 2 aromatic rings. The third kappa shape index (κ3) is 4.27. The van der Waals surface area contributed by atoms with Crippen molar-refractivity contribution in [3.8, 4) is 0 Å². The summed E-state index contributed by atoms with van der Waals surface area (Å²) in [5.74, 6) is 0.296. The van der Waals surface area contributed by atoms with Crippen LogP contribution in [0.15, 0.2) is 47.5 Å². The minimum absolute atomic E-state index is 0.0198. The molecule has 3 N–H and O–H groups in total. The Kier molecular flexibility index (Phi) is 4.93. The Balaban J connectivity index is 2.00. The number of nitrogens with one attached hydrogen (secondary N) is 1. The van der Waals surface area contributed by atoms with Crippen molar-refractivity contribution in [3.05, 3.63) is 53.7 Å². The fraction of sp³-hybridized carbons (Fsp3) is 0.267. The second-order valence-electron chi connectivity index (χ2n) is 4.74. The molecule has 0 saturated heterocycles. The highest BCUT2D eigenvalue weighted by atomic mass is 32.2. The summed E-state index contributed by atoms with van der Waals surface area (Å²) >= 11 is 0. The van der Waals surface area contributed by atoms with Gasteiger partial charge in [0.2, 0.25) is 10.0 Å². The lowest BCUT2D eigenvalue weighted by Gasteiger charge is -2.09. The van der Waals surface area contributed by atoms with E-state index in [1.54, 1.807) is 6.07 Å². The summed E-state index contributed by atoms with van der Waals surface area (Å²) in [6.45, 7) is 2.71. The minimum Gasteiger partial charge on any atom is -0.369 e. The van der Waals surface area contributed by atoms with Crippen molar-refractivity contribution >= 4 is 15.8 Å². The van der Waals surface area contributed by atoms with E-state index < -0.39 is 10.0 Å². The molecule has 0 saturated carbocycles. The first-order valence-corrected chi connectivity index (χ1v) is 8.35. The average molecular weight is 305 g/mol. The van der Waals surface area contributed by atoms with Gasteiger partial charge in [0, 0.05) is 12.7 Å². The Morgan fingerprint density at radius 3 is 2.43 bits per heavy atom. The van der Waals surface area contributed by atoms with Gasteiger partial charge in [0.25, 0.3) is 0 Å². The Morgan fingerprint density at radius 1 is 1.14 bits per heavy atom. The molecule has 1 aromatic heterocycles. The van der Waals surface area contributed by atoms with Crippen LogP contribution in [0, 0.1) is 0 Å². The number of sulfonamides is 1. The van der Waals surface area contributed by atoms with E-state index in [0.717, 1.165) is 12.8 Å². The molecule has 0 bridgehead atoms. The monoisotopic (exact) mass is 305 g/mol. The zero-order valence-electron chi connectivity index (χ0n) is 11.9. The first kappa shape index (κ1) is 15.5. The Hall–Kier alpha value is -1.92. The van der Waals surface area contributed by atoms with Crippen LogP contribution in [0.25, 0.3) is 0 Å². The van der Waals surface area contributed by atoms with Crippen LogP contribution in [0.5, 0.6) is 0 Å². The maximum Gasteiger partial charge on any atom is 0.241 e. The molecule has 112 valence electrons. The van der Waals surface area contributed by atoms with E-state index in [1.807, 2.05) is 0 Å². The van der Waals surface area contributed by atoms with Gasteiger partial charge in [-0.05, 0) is 36.1 Å². The Morgan fingerprint density at radius 2 is 1.81 bits per heavy atom. The summed E-state index contributed by atoms with van der Waals surface area (Å²) in [4.78, 5) is 4.05. The third-order valence-electron chi connectivity index (χ3n) is 3.21. The third-order valence-corrected chi connectivity index (χ3v) is 4.16. The summed E-state index contributed by atoms with van der Waals surface area (Å²) < 4.78 is 22.9. The molecule has 1 aromatic carbocycles. The van der Waals surface area contributed by atoms with Gasteiger partial charge in [0.1, 0.15) is 10.7 Å². The predicted molar refractivity (Wildman–Crippen MR) is 83.6 cm³/mol. The molecule has 1 heterocycles. The molecule has 0 aliphatic heterocycles. The number of rotatable bonds is 6. The molecule has 0 atom stereocenters. The maximum atomic E-state index is 11.5. The number of hydrogen-bond donors (Lipinski definition) is 2. The van der Waals surface area contributed by atoms with Gasteiger partial charge >= 0.3 is 0 Å². The van der Waals surface area contributed by atoms with Gasteiger partial charge in [0.05, 0.1) is 0 Å². The van der Waals surface area contributed by atoms with Gasteiger partial charge in [-0.25, -0.2) is 18.5 Å². The van der Waals surface area contributed by atoms with E-state index in [1.165, 1.54) is 23.4 Å². The molecule has 21 heavy (non-hydrogen) atoms.